The summed E-state index contributed by atoms with van der Waals surface area (Å²) in [6.07, 6.45) is 1.03. The number of anilines is 2. The monoisotopic (exact) mass is 369 g/mol. The number of hydrogen-bond acceptors (Lipinski definition) is 7. The van der Waals surface area contributed by atoms with E-state index in [2.05, 4.69) is 9.97 Å². The van der Waals surface area contributed by atoms with Crippen molar-refractivity contribution in [2.24, 2.45) is 0 Å². The average Bonchev–Trinajstić information content (AvgIpc) is 2.52. The van der Waals surface area contributed by atoms with Crippen LogP contribution in [0, 0.1) is 0 Å². The lowest BCUT2D eigenvalue weighted by molar-refractivity contribution is 0.0213. The van der Waals surface area contributed by atoms with Crippen molar-refractivity contribution in [2.45, 2.75) is 45.8 Å². The first-order valence-corrected chi connectivity index (χ1v) is 8.56. The van der Waals surface area contributed by atoms with Crippen LogP contribution in [-0.4, -0.2) is 58.5 Å². The van der Waals surface area contributed by atoms with Crippen molar-refractivity contribution in [1.29, 1.82) is 0 Å². The van der Waals surface area contributed by atoms with Crippen LogP contribution in [0.3, 0.4) is 0 Å². The molecule has 1 aliphatic rings. The van der Waals surface area contributed by atoms with Crippen LogP contribution in [0.25, 0.3) is 0 Å². The topological polar surface area (TPSA) is 102 Å². The molecule has 0 unspecified atom stereocenters. The van der Waals surface area contributed by atoms with Crippen LogP contribution in [0.5, 0.6) is 0 Å². The molecule has 2 heterocycles. The molecule has 1 saturated heterocycles. The molecule has 0 bridgehead atoms. The van der Waals surface area contributed by atoms with E-state index in [1.165, 1.54) is 0 Å². The number of ether oxygens (including phenoxy) is 1. The smallest absolute Gasteiger partial charge is 0.410 e. The third-order valence-electron chi connectivity index (χ3n) is 3.89. The van der Waals surface area contributed by atoms with Gasteiger partial charge in [-0.25, -0.2) is 9.78 Å². The molecule has 0 aliphatic carbocycles. The van der Waals surface area contributed by atoms with Crippen LogP contribution in [0.15, 0.2) is 0 Å². The molecule has 1 atom stereocenters. The highest BCUT2D eigenvalue weighted by Gasteiger charge is 2.33. The van der Waals surface area contributed by atoms with Crippen molar-refractivity contribution in [3.8, 4) is 0 Å². The Balaban J connectivity index is 2.24. The number of halogens is 1. The summed E-state index contributed by atoms with van der Waals surface area (Å²) < 4.78 is 5.44. The number of nitrogens with zero attached hydrogens (tertiary/aromatic N) is 4. The van der Waals surface area contributed by atoms with E-state index in [0.717, 1.165) is 6.42 Å². The van der Waals surface area contributed by atoms with E-state index in [1.54, 1.807) is 4.90 Å². The number of amides is 1. The number of carbonyl (C=O) groups is 2. The summed E-state index contributed by atoms with van der Waals surface area (Å²) in [7, 11) is 0. The lowest BCUT2D eigenvalue weighted by Gasteiger charge is -2.42. The van der Waals surface area contributed by atoms with Crippen LogP contribution in [0.1, 0.15) is 44.5 Å². The van der Waals surface area contributed by atoms with Gasteiger partial charge in [-0.2, -0.15) is 4.98 Å². The Labute approximate surface area is 152 Å². The van der Waals surface area contributed by atoms with Gasteiger partial charge < -0.3 is 20.3 Å². The van der Waals surface area contributed by atoms with Gasteiger partial charge in [-0.15, -0.1) is 0 Å². The van der Waals surface area contributed by atoms with Gasteiger partial charge in [-0.05, 0) is 27.2 Å². The van der Waals surface area contributed by atoms with Gasteiger partial charge >= 0.3 is 6.09 Å². The van der Waals surface area contributed by atoms with Crippen LogP contribution in [0.2, 0.25) is 5.15 Å². The first kappa shape index (κ1) is 19.2. The van der Waals surface area contributed by atoms with Gasteiger partial charge in [-0.3, -0.25) is 4.79 Å². The fraction of sp³-hybridized carbons (Fsp3) is 0.625. The fourth-order valence-electron chi connectivity index (χ4n) is 2.74. The highest BCUT2D eigenvalue weighted by molar-refractivity contribution is 6.32. The minimum absolute atomic E-state index is 0.00928. The zero-order valence-corrected chi connectivity index (χ0v) is 15.7. The molecule has 2 N–H and O–H groups in total. The van der Waals surface area contributed by atoms with Crippen molar-refractivity contribution >= 4 is 35.7 Å². The lowest BCUT2D eigenvalue weighted by atomic mass is 10.1. The van der Waals surface area contributed by atoms with Gasteiger partial charge in [0.25, 0.3) is 0 Å². The third-order valence-corrected chi connectivity index (χ3v) is 4.18. The zero-order valence-electron chi connectivity index (χ0n) is 15.0. The summed E-state index contributed by atoms with van der Waals surface area (Å²) in [5.74, 6) is 0.415. The van der Waals surface area contributed by atoms with Crippen LogP contribution >= 0.6 is 11.6 Å². The number of hydrogen-bond donors (Lipinski definition) is 1. The molecule has 138 valence electrons. The fourth-order valence-corrected chi connectivity index (χ4v) is 2.96. The molecule has 1 amide bonds. The Morgan fingerprint density at radius 2 is 2.08 bits per heavy atom. The molecule has 1 aromatic rings. The van der Waals surface area contributed by atoms with Crippen LogP contribution in [-0.2, 0) is 4.74 Å². The number of nitrogen functional groups attached to an aromatic ring is 1. The summed E-state index contributed by atoms with van der Waals surface area (Å²) in [5.41, 5.74) is 5.35. The van der Waals surface area contributed by atoms with Gasteiger partial charge in [0.05, 0.1) is 5.56 Å². The molecule has 0 spiro atoms. The quantitative estimate of drug-likeness (QED) is 0.644. The maximum Gasteiger partial charge on any atom is 0.410 e. The number of piperazine rings is 1. The molecule has 25 heavy (non-hydrogen) atoms. The molecular formula is C16H24ClN5O3. The summed E-state index contributed by atoms with van der Waals surface area (Å²) in [4.78, 5) is 35.4. The second-order valence-corrected chi connectivity index (χ2v) is 7.27. The Bertz CT molecular complexity index is 662. The van der Waals surface area contributed by atoms with Crippen molar-refractivity contribution in [3.05, 3.63) is 10.7 Å². The number of aromatic nitrogens is 2. The second kappa shape index (κ2) is 7.43. The van der Waals surface area contributed by atoms with Crippen molar-refractivity contribution in [1.82, 2.24) is 14.9 Å². The average molecular weight is 370 g/mol. The van der Waals surface area contributed by atoms with Crippen LogP contribution < -0.4 is 10.6 Å². The molecule has 0 saturated carbocycles. The van der Waals surface area contributed by atoms with Crippen molar-refractivity contribution < 1.29 is 14.3 Å². The normalized spacial score (nSPS) is 18.2. The van der Waals surface area contributed by atoms with E-state index in [0.29, 0.717) is 31.7 Å². The Morgan fingerprint density at radius 3 is 2.64 bits per heavy atom. The molecule has 1 fully saturated rings. The molecule has 0 aromatic carbocycles. The second-order valence-electron chi connectivity index (χ2n) is 6.91. The minimum atomic E-state index is -0.546. The molecule has 0 radical (unpaired) electrons. The van der Waals surface area contributed by atoms with Gasteiger partial charge in [0.15, 0.2) is 6.29 Å². The number of nitrogens with two attached hydrogens (primary N) is 1. The maximum atomic E-state index is 12.3. The Morgan fingerprint density at radius 1 is 1.40 bits per heavy atom. The number of aldehydes is 1. The first-order valence-electron chi connectivity index (χ1n) is 8.19. The minimum Gasteiger partial charge on any atom is -0.444 e. The van der Waals surface area contributed by atoms with Crippen LogP contribution in [0.4, 0.5) is 16.6 Å². The van der Waals surface area contributed by atoms with E-state index in [4.69, 9.17) is 22.1 Å². The van der Waals surface area contributed by atoms with Gasteiger partial charge in [0.1, 0.15) is 16.6 Å². The van der Waals surface area contributed by atoms with E-state index in [-0.39, 0.29) is 28.8 Å². The standard InChI is InChI=1S/C16H24ClN5O3/c1-5-10-8-21(15(24)25-16(2,3)4)6-7-22(10)13-11(9-23)12(17)19-14(18)20-13/h9-10H,5-8H2,1-4H3,(H2,18,19,20)/t10-/m0/s1. The Hall–Kier alpha value is -2.09. The van der Waals surface area contributed by atoms with E-state index >= 15 is 0 Å². The summed E-state index contributed by atoms with van der Waals surface area (Å²) >= 11 is 6.02. The van der Waals surface area contributed by atoms with Crippen molar-refractivity contribution in [2.75, 3.05) is 30.3 Å². The number of carbonyl (C=O) groups excluding carboxylic acids is 2. The third kappa shape index (κ3) is 4.50. The maximum absolute atomic E-state index is 12.3. The molecule has 1 aliphatic heterocycles. The first-order chi connectivity index (χ1) is 11.7. The molecule has 1 aromatic heterocycles. The van der Waals surface area contributed by atoms with E-state index < -0.39 is 5.60 Å². The van der Waals surface area contributed by atoms with Gasteiger partial charge in [0, 0.05) is 25.7 Å². The zero-order chi connectivity index (χ0) is 18.8. The Kier molecular flexibility index (Phi) is 5.72. The molecule has 2 rings (SSSR count). The number of rotatable bonds is 3. The largest absolute Gasteiger partial charge is 0.444 e. The molecule has 8 nitrogen and oxygen atoms in total. The summed E-state index contributed by atoms with van der Waals surface area (Å²) in [6, 6.07) is -0.0367. The predicted molar refractivity (Wildman–Crippen MR) is 96.1 cm³/mol. The van der Waals surface area contributed by atoms with Crippen molar-refractivity contribution in [3.63, 3.8) is 0 Å². The predicted octanol–water partition coefficient (Wildman–Crippen LogP) is 2.36. The lowest BCUT2D eigenvalue weighted by Crippen LogP contribution is -2.56. The SMILES string of the molecule is CC[C@H]1CN(C(=O)OC(C)(C)C)CCN1c1nc(N)nc(Cl)c1C=O. The van der Waals surface area contributed by atoms with E-state index in [9.17, 15) is 9.59 Å². The summed E-state index contributed by atoms with van der Waals surface area (Å²) in [5, 5.41) is 0.0296. The van der Waals surface area contributed by atoms with Gasteiger partial charge in [0.2, 0.25) is 5.95 Å². The molecule has 9 heteroatoms. The highest BCUT2D eigenvalue weighted by Crippen LogP contribution is 2.28. The molecular weight excluding hydrogens is 346 g/mol. The highest BCUT2D eigenvalue weighted by atomic mass is 35.5. The van der Waals surface area contributed by atoms with Gasteiger partial charge in [-0.1, -0.05) is 18.5 Å². The summed E-state index contributed by atoms with van der Waals surface area (Å²) in [6.45, 7) is 8.91. The van der Waals surface area contributed by atoms with E-state index in [1.807, 2.05) is 32.6 Å².